The Morgan fingerprint density at radius 2 is 1.69 bits per heavy atom. The second kappa shape index (κ2) is 8.42. The molecule has 3 heterocycles. The van der Waals surface area contributed by atoms with Gasteiger partial charge in [0.15, 0.2) is 0 Å². The fourth-order valence-corrected chi connectivity index (χ4v) is 6.17. The topological polar surface area (TPSA) is 67.6 Å². The highest BCUT2D eigenvalue weighted by Gasteiger charge is 2.55. The lowest BCUT2D eigenvalue weighted by Crippen LogP contribution is -2.51. The largest absolute Gasteiger partial charge is 0.417 e. The number of rotatable bonds is 3. The first-order valence-electron chi connectivity index (χ1n) is 12.5. The summed E-state index contributed by atoms with van der Waals surface area (Å²) in [6.07, 6.45) is 0.472. The minimum absolute atomic E-state index is 0.0867. The van der Waals surface area contributed by atoms with Crippen LogP contribution in [-0.2, 0) is 15.8 Å². The molecule has 1 aromatic carbocycles. The number of anilines is 1. The molecule has 3 saturated heterocycles. The maximum Gasteiger partial charge on any atom is 0.417 e. The van der Waals surface area contributed by atoms with E-state index in [4.69, 9.17) is 5.26 Å². The van der Waals surface area contributed by atoms with Gasteiger partial charge < -0.3 is 14.7 Å². The van der Waals surface area contributed by atoms with E-state index >= 15 is 0 Å². The van der Waals surface area contributed by atoms with Gasteiger partial charge in [0.05, 0.1) is 23.1 Å². The maximum atomic E-state index is 13.6. The van der Waals surface area contributed by atoms with Crippen LogP contribution in [0.2, 0.25) is 0 Å². The molecule has 1 aliphatic carbocycles. The third-order valence-corrected chi connectivity index (χ3v) is 8.72. The number of hydrogen-bond acceptors (Lipinski definition) is 4. The van der Waals surface area contributed by atoms with Gasteiger partial charge in [-0.25, -0.2) is 0 Å². The SMILES string of the molecule is CC1(C(=O)N2CCC3(CC2)CN(c2ccc(C#N)c(C(F)(F)F)c2)CC3C(=O)N2CCCC2)CC1. The van der Waals surface area contributed by atoms with Crippen LogP contribution in [0.5, 0.6) is 0 Å². The van der Waals surface area contributed by atoms with Crippen molar-refractivity contribution < 1.29 is 22.8 Å². The molecule has 1 atom stereocenters. The molecule has 4 aliphatic rings. The molecule has 0 radical (unpaired) electrons. The van der Waals surface area contributed by atoms with E-state index in [1.54, 1.807) is 12.1 Å². The standard InChI is InChI=1S/C26H31F3N4O2/c1-24(6-7-24)23(35)32-12-8-25(9-13-32)17-33(16-21(25)22(34)31-10-2-3-11-31)19-5-4-18(15-30)20(14-19)26(27,28)29/h4-5,14,21H,2-3,6-13,16-17H2,1H3. The highest BCUT2D eigenvalue weighted by atomic mass is 19.4. The number of amides is 2. The van der Waals surface area contributed by atoms with Crippen molar-refractivity contribution in [3.05, 3.63) is 29.3 Å². The number of halogens is 3. The molecule has 0 bridgehead atoms. The second-order valence-electron chi connectivity index (χ2n) is 11.0. The van der Waals surface area contributed by atoms with Gasteiger partial charge in [0.2, 0.25) is 11.8 Å². The van der Waals surface area contributed by atoms with Crippen molar-refractivity contribution in [2.75, 3.05) is 44.2 Å². The van der Waals surface area contributed by atoms with Gasteiger partial charge in [0, 0.05) is 55.8 Å². The first-order valence-corrected chi connectivity index (χ1v) is 12.5. The summed E-state index contributed by atoms with van der Waals surface area (Å²) in [6.45, 7) is 5.43. The van der Waals surface area contributed by atoms with E-state index in [-0.39, 0.29) is 28.6 Å². The van der Waals surface area contributed by atoms with Gasteiger partial charge in [-0.05, 0) is 56.7 Å². The Hall–Kier alpha value is -2.76. The van der Waals surface area contributed by atoms with Crippen molar-refractivity contribution in [2.24, 2.45) is 16.7 Å². The van der Waals surface area contributed by atoms with E-state index in [1.165, 1.54) is 6.07 Å². The first-order chi connectivity index (χ1) is 16.6. The zero-order valence-electron chi connectivity index (χ0n) is 20.0. The summed E-state index contributed by atoms with van der Waals surface area (Å²) in [7, 11) is 0. The molecule has 0 N–H and O–H groups in total. The first kappa shape index (κ1) is 24.0. The molecule has 4 fully saturated rings. The molecular formula is C26H31F3N4O2. The van der Waals surface area contributed by atoms with Crippen LogP contribution >= 0.6 is 0 Å². The number of carbonyl (C=O) groups is 2. The average Bonchev–Trinajstić information content (AvgIpc) is 3.24. The average molecular weight is 489 g/mol. The molecule has 6 nitrogen and oxygen atoms in total. The minimum Gasteiger partial charge on any atom is -0.370 e. The molecule has 1 unspecified atom stereocenters. The number of alkyl halides is 3. The predicted octanol–water partition coefficient (Wildman–Crippen LogP) is 4.04. The zero-order valence-corrected chi connectivity index (χ0v) is 20.0. The van der Waals surface area contributed by atoms with Gasteiger partial charge in [-0.3, -0.25) is 9.59 Å². The van der Waals surface area contributed by atoms with Crippen LogP contribution in [0.15, 0.2) is 18.2 Å². The fourth-order valence-electron chi connectivity index (χ4n) is 6.17. The Kier molecular flexibility index (Phi) is 5.77. The van der Waals surface area contributed by atoms with Crippen molar-refractivity contribution >= 4 is 17.5 Å². The molecule has 1 saturated carbocycles. The van der Waals surface area contributed by atoms with Gasteiger partial charge in [0.1, 0.15) is 0 Å². The van der Waals surface area contributed by atoms with E-state index in [0.717, 1.165) is 44.8 Å². The van der Waals surface area contributed by atoms with Crippen LogP contribution in [0.3, 0.4) is 0 Å². The Bertz CT molecular complexity index is 1060. The van der Waals surface area contributed by atoms with Gasteiger partial charge >= 0.3 is 6.18 Å². The van der Waals surface area contributed by atoms with Crippen LogP contribution in [0.4, 0.5) is 18.9 Å². The van der Waals surface area contributed by atoms with E-state index in [2.05, 4.69) is 0 Å². The van der Waals surface area contributed by atoms with Crippen molar-refractivity contribution in [3.63, 3.8) is 0 Å². The van der Waals surface area contributed by atoms with E-state index in [1.807, 2.05) is 21.6 Å². The Balaban J connectivity index is 1.42. The number of piperidine rings is 1. The summed E-state index contributed by atoms with van der Waals surface area (Å²) in [4.78, 5) is 32.2. The summed E-state index contributed by atoms with van der Waals surface area (Å²) in [5.74, 6) is -0.0468. The minimum atomic E-state index is -4.63. The third kappa shape index (κ3) is 4.25. The highest BCUT2D eigenvalue weighted by molar-refractivity contribution is 5.85. The van der Waals surface area contributed by atoms with E-state index < -0.39 is 17.3 Å². The smallest absolute Gasteiger partial charge is 0.370 e. The molecule has 1 aromatic rings. The van der Waals surface area contributed by atoms with Crippen molar-refractivity contribution in [1.82, 2.24) is 9.80 Å². The van der Waals surface area contributed by atoms with E-state index in [9.17, 15) is 22.8 Å². The number of likely N-dealkylation sites (tertiary alicyclic amines) is 2. The maximum absolute atomic E-state index is 13.6. The van der Waals surface area contributed by atoms with Crippen LogP contribution in [0, 0.1) is 28.1 Å². The molecule has 35 heavy (non-hydrogen) atoms. The van der Waals surface area contributed by atoms with Crippen molar-refractivity contribution in [1.29, 1.82) is 5.26 Å². The summed E-state index contributed by atoms with van der Waals surface area (Å²) in [6, 6.07) is 5.45. The number of hydrogen-bond donors (Lipinski definition) is 0. The van der Waals surface area contributed by atoms with Gasteiger partial charge in [-0.1, -0.05) is 6.92 Å². The molecule has 0 aromatic heterocycles. The summed E-state index contributed by atoms with van der Waals surface area (Å²) >= 11 is 0. The summed E-state index contributed by atoms with van der Waals surface area (Å²) < 4.78 is 40.8. The highest BCUT2D eigenvalue weighted by Crippen LogP contribution is 2.50. The van der Waals surface area contributed by atoms with Crippen molar-refractivity contribution in [3.8, 4) is 6.07 Å². The molecule has 2 amide bonds. The number of nitriles is 1. The Morgan fingerprint density at radius 1 is 1.03 bits per heavy atom. The quantitative estimate of drug-likeness (QED) is 0.644. The lowest BCUT2D eigenvalue weighted by molar-refractivity contribution is -0.142. The van der Waals surface area contributed by atoms with Gasteiger partial charge in [-0.15, -0.1) is 0 Å². The van der Waals surface area contributed by atoms with Crippen LogP contribution in [-0.4, -0.2) is 60.9 Å². The van der Waals surface area contributed by atoms with Gasteiger partial charge in [0.25, 0.3) is 0 Å². The number of benzene rings is 1. The number of nitrogens with zero attached hydrogens (tertiary/aromatic N) is 4. The van der Waals surface area contributed by atoms with Gasteiger partial charge in [-0.2, -0.15) is 18.4 Å². The molecule has 188 valence electrons. The molecular weight excluding hydrogens is 457 g/mol. The molecule has 1 spiro atoms. The summed E-state index contributed by atoms with van der Waals surface area (Å²) in [5.41, 5.74) is -1.59. The Morgan fingerprint density at radius 3 is 2.26 bits per heavy atom. The normalized spacial score (nSPS) is 25.1. The fraction of sp³-hybridized carbons (Fsp3) is 0.654. The predicted molar refractivity (Wildman–Crippen MR) is 123 cm³/mol. The van der Waals surface area contributed by atoms with Crippen LogP contribution < -0.4 is 4.90 Å². The molecule has 9 heteroatoms. The second-order valence-corrected chi connectivity index (χ2v) is 11.0. The van der Waals surface area contributed by atoms with Crippen LogP contribution in [0.1, 0.15) is 56.6 Å². The van der Waals surface area contributed by atoms with Crippen molar-refractivity contribution in [2.45, 2.75) is 51.6 Å². The Labute approximate surface area is 203 Å². The summed E-state index contributed by atoms with van der Waals surface area (Å²) in [5, 5.41) is 9.16. The van der Waals surface area contributed by atoms with Crippen LogP contribution in [0.25, 0.3) is 0 Å². The number of carbonyl (C=O) groups excluding carboxylic acids is 2. The zero-order chi connectivity index (χ0) is 25.0. The lowest BCUT2D eigenvalue weighted by atomic mass is 9.70. The molecule has 3 aliphatic heterocycles. The monoisotopic (exact) mass is 488 g/mol. The molecule has 5 rings (SSSR count). The lowest BCUT2D eigenvalue weighted by Gasteiger charge is -2.43. The third-order valence-electron chi connectivity index (χ3n) is 8.72. The van der Waals surface area contributed by atoms with E-state index in [0.29, 0.717) is 44.7 Å².